The SMILES string of the molecule is CCOc1ccc(-n2c(C)nnc2S[C@H](C[N+](=O)[O-])c2cc(Cl)c(OCc3ccccc3F)c(OC)c2)cc1. The lowest BCUT2D eigenvalue weighted by Gasteiger charge is -2.18. The molecule has 0 unspecified atom stereocenters. The van der Waals surface area contributed by atoms with Gasteiger partial charge in [-0.1, -0.05) is 41.6 Å². The van der Waals surface area contributed by atoms with Crippen molar-refractivity contribution in [3.05, 3.63) is 98.6 Å². The van der Waals surface area contributed by atoms with Gasteiger partial charge in [-0.3, -0.25) is 14.7 Å². The minimum atomic E-state index is -0.683. The first kappa shape index (κ1) is 28.2. The van der Waals surface area contributed by atoms with Crippen molar-refractivity contribution in [3.63, 3.8) is 0 Å². The Morgan fingerprint density at radius 2 is 1.87 bits per heavy atom. The van der Waals surface area contributed by atoms with E-state index >= 15 is 0 Å². The van der Waals surface area contributed by atoms with Gasteiger partial charge >= 0.3 is 0 Å². The largest absolute Gasteiger partial charge is 0.494 e. The maximum absolute atomic E-state index is 14.1. The van der Waals surface area contributed by atoms with Crippen molar-refractivity contribution in [2.24, 2.45) is 0 Å². The predicted octanol–water partition coefficient (Wildman–Crippen LogP) is 6.46. The summed E-state index contributed by atoms with van der Waals surface area (Å²) in [6.45, 7) is 3.78. The van der Waals surface area contributed by atoms with Gasteiger partial charge in [0.1, 0.15) is 29.2 Å². The summed E-state index contributed by atoms with van der Waals surface area (Å²) >= 11 is 7.74. The molecule has 0 radical (unpaired) electrons. The van der Waals surface area contributed by atoms with Gasteiger partial charge in [0.25, 0.3) is 0 Å². The highest BCUT2D eigenvalue weighted by Crippen LogP contribution is 2.43. The van der Waals surface area contributed by atoms with Crippen molar-refractivity contribution < 1.29 is 23.5 Å². The zero-order valence-electron chi connectivity index (χ0n) is 21.5. The number of hydrogen-bond donors (Lipinski definition) is 0. The molecule has 0 aliphatic heterocycles. The van der Waals surface area contributed by atoms with Crippen LogP contribution in [0.4, 0.5) is 4.39 Å². The summed E-state index contributed by atoms with van der Waals surface area (Å²) < 4.78 is 32.7. The van der Waals surface area contributed by atoms with Crippen LogP contribution in [-0.4, -0.2) is 39.9 Å². The summed E-state index contributed by atoms with van der Waals surface area (Å²) in [5, 5.41) is 20.1. The van der Waals surface area contributed by atoms with Gasteiger partial charge in [0.2, 0.25) is 6.54 Å². The Morgan fingerprint density at radius 3 is 2.54 bits per heavy atom. The lowest BCUT2D eigenvalue weighted by Crippen LogP contribution is -2.12. The third-order valence-electron chi connectivity index (χ3n) is 5.72. The normalized spacial score (nSPS) is 11.7. The van der Waals surface area contributed by atoms with Crippen LogP contribution in [0, 0.1) is 22.9 Å². The molecule has 4 aromatic rings. The zero-order valence-corrected chi connectivity index (χ0v) is 23.0. The van der Waals surface area contributed by atoms with E-state index in [1.165, 1.54) is 24.9 Å². The number of ether oxygens (including phenoxy) is 3. The van der Waals surface area contributed by atoms with Gasteiger partial charge in [-0.15, -0.1) is 10.2 Å². The Bertz CT molecular complexity index is 1450. The molecule has 0 amide bonds. The highest BCUT2D eigenvalue weighted by molar-refractivity contribution is 7.99. The van der Waals surface area contributed by atoms with Crippen LogP contribution in [-0.2, 0) is 6.61 Å². The van der Waals surface area contributed by atoms with Crippen LogP contribution in [0.15, 0.2) is 65.8 Å². The molecule has 1 heterocycles. The first-order valence-corrected chi connectivity index (χ1v) is 13.2. The molecule has 39 heavy (non-hydrogen) atoms. The molecule has 0 bridgehead atoms. The van der Waals surface area contributed by atoms with E-state index in [9.17, 15) is 14.5 Å². The molecule has 0 fully saturated rings. The molecule has 12 heteroatoms. The molecular formula is C27H26ClFN4O5S. The molecule has 0 saturated carbocycles. The summed E-state index contributed by atoms with van der Waals surface area (Å²) in [6, 6.07) is 16.9. The number of methoxy groups -OCH3 is 1. The van der Waals surface area contributed by atoms with Gasteiger partial charge in [0.15, 0.2) is 16.7 Å². The molecule has 1 atom stereocenters. The zero-order chi connectivity index (χ0) is 27.9. The van der Waals surface area contributed by atoms with Crippen LogP contribution in [0.1, 0.15) is 29.1 Å². The molecule has 0 saturated heterocycles. The number of benzene rings is 3. The van der Waals surface area contributed by atoms with Gasteiger partial charge in [0.05, 0.1) is 18.7 Å². The fraction of sp³-hybridized carbons (Fsp3) is 0.259. The Labute approximate surface area is 234 Å². The van der Waals surface area contributed by atoms with Gasteiger partial charge < -0.3 is 14.2 Å². The second-order valence-electron chi connectivity index (χ2n) is 8.33. The highest BCUT2D eigenvalue weighted by atomic mass is 35.5. The van der Waals surface area contributed by atoms with E-state index in [1.54, 1.807) is 37.3 Å². The van der Waals surface area contributed by atoms with Crippen LogP contribution < -0.4 is 14.2 Å². The topological polar surface area (TPSA) is 102 Å². The molecule has 4 rings (SSSR count). The first-order valence-electron chi connectivity index (χ1n) is 12.0. The van der Waals surface area contributed by atoms with Crippen molar-refractivity contribution in [2.75, 3.05) is 20.3 Å². The second-order valence-corrected chi connectivity index (χ2v) is 9.91. The average molecular weight is 573 g/mol. The van der Waals surface area contributed by atoms with Crippen molar-refractivity contribution >= 4 is 23.4 Å². The third kappa shape index (κ3) is 6.79. The summed E-state index contributed by atoms with van der Waals surface area (Å²) in [5.41, 5.74) is 1.68. The molecule has 1 aromatic heterocycles. The number of halogens is 2. The Balaban J connectivity index is 1.64. The lowest BCUT2D eigenvalue weighted by molar-refractivity contribution is -0.479. The maximum atomic E-state index is 14.1. The number of thioether (sulfide) groups is 1. The van der Waals surface area contributed by atoms with Gasteiger partial charge in [-0.05, 0) is 61.9 Å². The van der Waals surface area contributed by atoms with Crippen molar-refractivity contribution in [3.8, 4) is 22.9 Å². The van der Waals surface area contributed by atoms with E-state index in [0.717, 1.165) is 11.4 Å². The first-order chi connectivity index (χ1) is 18.8. The quantitative estimate of drug-likeness (QED) is 0.108. The van der Waals surface area contributed by atoms with E-state index in [1.807, 2.05) is 35.8 Å². The molecule has 3 aromatic carbocycles. The van der Waals surface area contributed by atoms with E-state index in [2.05, 4.69) is 10.2 Å². The number of aryl methyl sites for hydroxylation is 1. The number of aromatic nitrogens is 3. The van der Waals surface area contributed by atoms with Crippen LogP contribution >= 0.6 is 23.4 Å². The number of nitro groups is 1. The number of nitrogens with zero attached hydrogens (tertiary/aromatic N) is 4. The van der Waals surface area contributed by atoms with E-state index in [-0.39, 0.29) is 23.1 Å². The third-order valence-corrected chi connectivity index (χ3v) is 7.18. The summed E-state index contributed by atoms with van der Waals surface area (Å²) in [6.07, 6.45) is 0. The van der Waals surface area contributed by atoms with Gasteiger partial charge in [-0.25, -0.2) is 4.39 Å². The summed E-state index contributed by atoms with van der Waals surface area (Å²) in [4.78, 5) is 11.2. The molecular weight excluding hydrogens is 547 g/mol. The van der Waals surface area contributed by atoms with Crippen LogP contribution in [0.5, 0.6) is 17.2 Å². The van der Waals surface area contributed by atoms with Crippen LogP contribution in [0.25, 0.3) is 5.69 Å². The molecule has 9 nitrogen and oxygen atoms in total. The minimum absolute atomic E-state index is 0.0698. The predicted molar refractivity (Wildman–Crippen MR) is 146 cm³/mol. The molecule has 0 N–H and O–H groups in total. The lowest BCUT2D eigenvalue weighted by atomic mass is 10.1. The molecule has 204 valence electrons. The molecule has 0 spiro atoms. The second kappa shape index (κ2) is 12.8. The maximum Gasteiger partial charge on any atom is 0.220 e. The van der Waals surface area contributed by atoms with Crippen molar-refractivity contribution in [2.45, 2.75) is 30.9 Å². The van der Waals surface area contributed by atoms with Gasteiger partial charge in [-0.2, -0.15) is 0 Å². The average Bonchev–Trinajstić information content (AvgIpc) is 3.28. The molecule has 0 aliphatic rings. The molecule has 0 aliphatic carbocycles. The smallest absolute Gasteiger partial charge is 0.220 e. The van der Waals surface area contributed by atoms with E-state index in [0.29, 0.717) is 28.7 Å². The van der Waals surface area contributed by atoms with Crippen molar-refractivity contribution in [1.29, 1.82) is 0 Å². The number of rotatable bonds is 12. The van der Waals surface area contributed by atoms with Crippen LogP contribution in [0.3, 0.4) is 0 Å². The minimum Gasteiger partial charge on any atom is -0.494 e. The Kier molecular flexibility index (Phi) is 9.26. The standard InChI is InChI=1S/C27H26ClFN4O5S/c1-4-37-21-11-9-20(10-12-21)33-17(2)30-31-27(33)39-25(15-32(34)35)19-13-22(28)26(24(14-19)36-3)38-16-18-7-5-6-8-23(18)29/h5-14,25H,4,15-16H2,1-3H3/t25-/m1/s1. The van der Waals surface area contributed by atoms with E-state index in [4.69, 9.17) is 25.8 Å². The number of hydrogen-bond acceptors (Lipinski definition) is 8. The fourth-order valence-electron chi connectivity index (χ4n) is 3.88. The van der Waals surface area contributed by atoms with Gasteiger partial charge in [0, 0.05) is 16.2 Å². The van der Waals surface area contributed by atoms with E-state index < -0.39 is 22.5 Å². The van der Waals surface area contributed by atoms with Crippen molar-refractivity contribution in [1.82, 2.24) is 14.8 Å². The summed E-state index contributed by atoms with van der Waals surface area (Å²) in [7, 11) is 1.44. The Morgan fingerprint density at radius 1 is 1.13 bits per heavy atom. The Hall–Kier alpha value is -3.83. The van der Waals surface area contributed by atoms with Crippen LogP contribution in [0.2, 0.25) is 5.02 Å². The monoisotopic (exact) mass is 572 g/mol. The summed E-state index contributed by atoms with van der Waals surface area (Å²) in [5.74, 6) is 1.43. The fourth-order valence-corrected chi connectivity index (χ4v) is 5.31. The highest BCUT2D eigenvalue weighted by Gasteiger charge is 2.26.